The van der Waals surface area contributed by atoms with Crippen LogP contribution in [-0.4, -0.2) is 57.2 Å². The number of nitrogens with one attached hydrogen (secondary N) is 2. The molecule has 0 bridgehead atoms. The zero-order chi connectivity index (χ0) is 17.6. The molecule has 2 aliphatic rings. The van der Waals surface area contributed by atoms with Crippen LogP contribution >= 0.6 is 12.4 Å². The lowest BCUT2D eigenvalue weighted by Crippen LogP contribution is -2.46. The molecule has 7 heteroatoms. The highest BCUT2D eigenvalue weighted by Gasteiger charge is 2.29. The van der Waals surface area contributed by atoms with Gasteiger partial charge in [-0.25, -0.2) is 0 Å². The van der Waals surface area contributed by atoms with Crippen LogP contribution in [0.3, 0.4) is 0 Å². The third-order valence-electron chi connectivity index (χ3n) is 5.22. The molecule has 0 radical (unpaired) electrons. The summed E-state index contributed by atoms with van der Waals surface area (Å²) >= 11 is 0. The van der Waals surface area contributed by atoms with Gasteiger partial charge in [0.05, 0.1) is 14.2 Å². The molecule has 6 nitrogen and oxygen atoms in total. The summed E-state index contributed by atoms with van der Waals surface area (Å²) in [6.07, 6.45) is 3.88. The van der Waals surface area contributed by atoms with Crippen LogP contribution in [0, 0.1) is 5.92 Å². The Hall–Kier alpha value is -1.66. The van der Waals surface area contributed by atoms with Crippen molar-refractivity contribution in [1.82, 2.24) is 10.2 Å². The van der Waals surface area contributed by atoms with Gasteiger partial charge in [0, 0.05) is 48.9 Å². The van der Waals surface area contributed by atoms with E-state index in [-0.39, 0.29) is 18.3 Å². The fraction of sp³-hybridized carbons (Fsp3) is 0.632. The number of carbonyl (C=O) groups excluding carboxylic acids is 1. The number of halogens is 1. The molecule has 2 fully saturated rings. The number of carbonyl (C=O) groups is 1. The molecular formula is C19H30ClN3O3. The number of hydrogen-bond acceptors (Lipinski definition) is 5. The Labute approximate surface area is 162 Å². The predicted molar refractivity (Wildman–Crippen MR) is 106 cm³/mol. The standard InChI is InChI=1S/C19H29N3O3.ClH/c1-24-17-11-16(12-18(13-17)25-2)21-15-5-9-22(10-6-15)19(23)14-3-7-20-8-4-14;/h11-15,20-21H,3-10H2,1-2H3;1H. The lowest BCUT2D eigenvalue weighted by atomic mass is 9.95. The summed E-state index contributed by atoms with van der Waals surface area (Å²) in [7, 11) is 3.31. The molecule has 0 aliphatic carbocycles. The molecule has 1 aromatic carbocycles. The van der Waals surface area contributed by atoms with Gasteiger partial charge in [0.1, 0.15) is 11.5 Å². The van der Waals surface area contributed by atoms with E-state index in [0.717, 1.165) is 69.0 Å². The van der Waals surface area contributed by atoms with Gasteiger partial charge < -0.3 is 25.0 Å². The third-order valence-corrected chi connectivity index (χ3v) is 5.22. The Morgan fingerprint density at radius 2 is 1.62 bits per heavy atom. The zero-order valence-corrected chi connectivity index (χ0v) is 16.4. The molecule has 2 aliphatic heterocycles. The molecule has 0 atom stereocenters. The number of nitrogens with zero attached hydrogens (tertiary/aromatic N) is 1. The first-order valence-corrected chi connectivity index (χ1v) is 9.18. The van der Waals surface area contributed by atoms with E-state index in [0.29, 0.717) is 11.9 Å². The van der Waals surface area contributed by atoms with Crippen molar-refractivity contribution in [3.63, 3.8) is 0 Å². The van der Waals surface area contributed by atoms with E-state index in [2.05, 4.69) is 15.5 Å². The summed E-state index contributed by atoms with van der Waals surface area (Å²) in [6.45, 7) is 3.60. The Morgan fingerprint density at radius 1 is 1.04 bits per heavy atom. The Balaban J connectivity index is 0.00000243. The minimum Gasteiger partial charge on any atom is -0.497 e. The summed E-state index contributed by atoms with van der Waals surface area (Å²) in [5, 5.41) is 6.89. The van der Waals surface area contributed by atoms with E-state index in [1.54, 1.807) is 14.2 Å². The van der Waals surface area contributed by atoms with Crippen molar-refractivity contribution in [3.8, 4) is 11.5 Å². The second-order valence-electron chi connectivity index (χ2n) is 6.87. The maximum absolute atomic E-state index is 12.6. The number of anilines is 1. The van der Waals surface area contributed by atoms with Crippen molar-refractivity contribution in [1.29, 1.82) is 0 Å². The molecule has 0 saturated carbocycles. The first-order chi connectivity index (χ1) is 12.2. The van der Waals surface area contributed by atoms with Crippen molar-refractivity contribution in [2.45, 2.75) is 31.7 Å². The number of hydrogen-bond donors (Lipinski definition) is 2. The van der Waals surface area contributed by atoms with Crippen molar-refractivity contribution >= 4 is 24.0 Å². The van der Waals surface area contributed by atoms with Gasteiger partial charge in [-0.05, 0) is 38.8 Å². The number of likely N-dealkylation sites (tertiary alicyclic amines) is 1. The number of benzene rings is 1. The summed E-state index contributed by atoms with van der Waals surface area (Å²) in [6, 6.07) is 6.20. The predicted octanol–water partition coefficient (Wildman–Crippen LogP) is 2.53. The van der Waals surface area contributed by atoms with Gasteiger partial charge in [-0.15, -0.1) is 12.4 Å². The molecule has 1 aromatic rings. The lowest BCUT2D eigenvalue weighted by Gasteiger charge is -2.36. The van der Waals surface area contributed by atoms with Crippen LogP contribution in [0.2, 0.25) is 0 Å². The Kier molecular flexibility index (Phi) is 7.85. The van der Waals surface area contributed by atoms with Crippen molar-refractivity contribution in [3.05, 3.63) is 18.2 Å². The van der Waals surface area contributed by atoms with E-state index < -0.39 is 0 Å². The van der Waals surface area contributed by atoms with Gasteiger partial charge in [0.15, 0.2) is 0 Å². The second-order valence-corrected chi connectivity index (χ2v) is 6.87. The van der Waals surface area contributed by atoms with Gasteiger partial charge in [0.2, 0.25) is 5.91 Å². The Morgan fingerprint density at radius 3 is 2.15 bits per heavy atom. The molecular weight excluding hydrogens is 354 g/mol. The number of methoxy groups -OCH3 is 2. The molecule has 0 aromatic heterocycles. The van der Waals surface area contributed by atoms with Gasteiger partial charge in [0.25, 0.3) is 0 Å². The van der Waals surface area contributed by atoms with Gasteiger partial charge in [-0.2, -0.15) is 0 Å². The lowest BCUT2D eigenvalue weighted by molar-refractivity contribution is -0.137. The molecule has 26 heavy (non-hydrogen) atoms. The fourth-order valence-corrected chi connectivity index (χ4v) is 3.70. The van der Waals surface area contributed by atoms with E-state index >= 15 is 0 Å². The van der Waals surface area contributed by atoms with E-state index in [1.807, 2.05) is 18.2 Å². The minimum atomic E-state index is 0. The molecule has 146 valence electrons. The molecule has 2 saturated heterocycles. The summed E-state index contributed by atoms with van der Waals surface area (Å²) in [5.41, 5.74) is 0.999. The normalized spacial score (nSPS) is 18.8. The topological polar surface area (TPSA) is 62.8 Å². The monoisotopic (exact) mass is 383 g/mol. The first kappa shape index (κ1) is 20.6. The highest BCUT2D eigenvalue weighted by molar-refractivity contribution is 5.85. The van der Waals surface area contributed by atoms with Crippen LogP contribution in [0.5, 0.6) is 11.5 Å². The molecule has 3 rings (SSSR count). The van der Waals surface area contributed by atoms with Crippen LogP contribution in [0.25, 0.3) is 0 Å². The van der Waals surface area contributed by atoms with Crippen LogP contribution in [-0.2, 0) is 4.79 Å². The van der Waals surface area contributed by atoms with Crippen molar-refractivity contribution in [2.24, 2.45) is 5.92 Å². The molecule has 1 amide bonds. The van der Waals surface area contributed by atoms with E-state index in [9.17, 15) is 4.79 Å². The van der Waals surface area contributed by atoms with Crippen LogP contribution in [0.15, 0.2) is 18.2 Å². The first-order valence-electron chi connectivity index (χ1n) is 9.18. The highest BCUT2D eigenvalue weighted by atomic mass is 35.5. The second kappa shape index (κ2) is 9.88. The summed E-state index contributed by atoms with van der Waals surface area (Å²) < 4.78 is 10.6. The zero-order valence-electron chi connectivity index (χ0n) is 15.6. The maximum Gasteiger partial charge on any atom is 0.225 e. The maximum atomic E-state index is 12.6. The average molecular weight is 384 g/mol. The smallest absolute Gasteiger partial charge is 0.225 e. The number of ether oxygens (including phenoxy) is 2. The molecule has 0 unspecified atom stereocenters. The van der Waals surface area contributed by atoms with E-state index in [4.69, 9.17) is 9.47 Å². The molecule has 0 spiro atoms. The van der Waals surface area contributed by atoms with Crippen LogP contribution < -0.4 is 20.1 Å². The highest BCUT2D eigenvalue weighted by Crippen LogP contribution is 2.28. The largest absolute Gasteiger partial charge is 0.497 e. The van der Waals surface area contributed by atoms with Gasteiger partial charge in [-0.3, -0.25) is 4.79 Å². The Bertz CT molecular complexity index is 563. The number of rotatable bonds is 5. The SMILES string of the molecule is COc1cc(NC2CCN(C(=O)C3CCNCC3)CC2)cc(OC)c1.Cl. The quantitative estimate of drug-likeness (QED) is 0.818. The van der Waals surface area contributed by atoms with Crippen molar-refractivity contribution in [2.75, 3.05) is 45.7 Å². The third kappa shape index (κ3) is 5.17. The number of amides is 1. The van der Waals surface area contributed by atoms with Gasteiger partial charge in [-0.1, -0.05) is 0 Å². The fourth-order valence-electron chi connectivity index (χ4n) is 3.70. The van der Waals surface area contributed by atoms with E-state index in [1.165, 1.54) is 0 Å². The molecule has 2 N–H and O–H groups in total. The molecule has 2 heterocycles. The summed E-state index contributed by atoms with van der Waals surface area (Å²) in [5.74, 6) is 2.12. The number of piperidine rings is 2. The average Bonchev–Trinajstić information content (AvgIpc) is 2.68. The van der Waals surface area contributed by atoms with Crippen molar-refractivity contribution < 1.29 is 14.3 Å². The van der Waals surface area contributed by atoms with Crippen LogP contribution in [0.1, 0.15) is 25.7 Å². The van der Waals surface area contributed by atoms with Gasteiger partial charge >= 0.3 is 0 Å². The minimum absolute atomic E-state index is 0. The summed E-state index contributed by atoms with van der Waals surface area (Å²) in [4.78, 5) is 14.7. The van der Waals surface area contributed by atoms with Crippen LogP contribution in [0.4, 0.5) is 5.69 Å².